The Morgan fingerprint density at radius 2 is 1.79 bits per heavy atom. The molecular formula is C15H15N5O3S. The van der Waals surface area contributed by atoms with Gasteiger partial charge in [0.2, 0.25) is 10.0 Å². The van der Waals surface area contributed by atoms with Gasteiger partial charge in [-0.3, -0.25) is 0 Å². The smallest absolute Gasteiger partial charge is 0.245 e. The van der Waals surface area contributed by atoms with Gasteiger partial charge in [-0.2, -0.15) is 4.31 Å². The zero-order valence-corrected chi connectivity index (χ0v) is 13.6. The minimum absolute atomic E-state index is 0.132. The first-order chi connectivity index (χ1) is 11.7. The van der Waals surface area contributed by atoms with Gasteiger partial charge in [-0.15, -0.1) is 0 Å². The highest BCUT2D eigenvalue weighted by Crippen LogP contribution is 2.24. The van der Waals surface area contributed by atoms with Crippen molar-refractivity contribution in [2.45, 2.75) is 4.90 Å². The van der Waals surface area contributed by atoms with Gasteiger partial charge in [-0.25, -0.2) is 18.0 Å². The lowest BCUT2D eigenvalue weighted by Crippen LogP contribution is -2.48. The first-order valence-electron chi connectivity index (χ1n) is 7.54. The lowest BCUT2D eigenvalue weighted by molar-refractivity contribution is 0.315. The molecule has 4 rings (SSSR count). The van der Waals surface area contributed by atoms with Crippen molar-refractivity contribution < 1.29 is 13.0 Å². The summed E-state index contributed by atoms with van der Waals surface area (Å²) in [6.07, 6.45) is 1.73. The Balaban J connectivity index is 1.58. The van der Waals surface area contributed by atoms with Crippen LogP contribution in [0.25, 0.3) is 11.0 Å². The molecule has 1 fully saturated rings. The molecule has 0 bridgehead atoms. The van der Waals surface area contributed by atoms with Gasteiger partial charge in [-0.05, 0) is 34.6 Å². The molecule has 0 saturated carbocycles. The third-order valence-corrected chi connectivity index (χ3v) is 6.01. The predicted octanol–water partition coefficient (Wildman–Crippen LogP) is 1.13. The predicted molar refractivity (Wildman–Crippen MR) is 87.0 cm³/mol. The maximum atomic E-state index is 12.9. The average Bonchev–Trinajstić information content (AvgIpc) is 3.11. The van der Waals surface area contributed by atoms with Crippen molar-refractivity contribution in [1.29, 1.82) is 0 Å². The molecule has 24 heavy (non-hydrogen) atoms. The summed E-state index contributed by atoms with van der Waals surface area (Å²) >= 11 is 0. The second kappa shape index (κ2) is 5.84. The molecular weight excluding hydrogens is 330 g/mol. The van der Waals surface area contributed by atoms with Crippen LogP contribution in [0, 0.1) is 0 Å². The van der Waals surface area contributed by atoms with E-state index < -0.39 is 10.0 Å². The SMILES string of the molecule is O=S(=O)(c1cccc2nonc12)N1CCN(c2ccccn2)CC1. The Morgan fingerprint density at radius 1 is 0.958 bits per heavy atom. The molecule has 0 unspecified atom stereocenters. The first-order valence-corrected chi connectivity index (χ1v) is 8.98. The molecule has 124 valence electrons. The number of pyridine rings is 1. The van der Waals surface area contributed by atoms with Gasteiger partial charge in [-0.1, -0.05) is 12.1 Å². The Labute approximate surface area is 138 Å². The summed E-state index contributed by atoms with van der Waals surface area (Å²) in [4.78, 5) is 6.51. The van der Waals surface area contributed by atoms with E-state index in [2.05, 4.69) is 24.8 Å². The van der Waals surface area contributed by atoms with Crippen molar-refractivity contribution in [3.05, 3.63) is 42.6 Å². The standard InChI is InChI=1S/C15H15N5O3S/c21-24(22,13-5-3-4-12-15(13)18-23-17-12)20-10-8-19(9-11-20)14-6-1-2-7-16-14/h1-7H,8-11H2. The fraction of sp³-hybridized carbons (Fsp3) is 0.267. The molecule has 8 nitrogen and oxygen atoms in total. The van der Waals surface area contributed by atoms with Gasteiger partial charge < -0.3 is 4.90 Å². The quantitative estimate of drug-likeness (QED) is 0.702. The summed E-state index contributed by atoms with van der Waals surface area (Å²) in [5.74, 6) is 0.859. The summed E-state index contributed by atoms with van der Waals surface area (Å²) in [6, 6.07) is 10.5. The molecule has 0 radical (unpaired) electrons. The normalized spacial score (nSPS) is 16.6. The molecule has 0 amide bonds. The second-order valence-corrected chi connectivity index (χ2v) is 7.37. The fourth-order valence-corrected chi connectivity index (χ4v) is 4.39. The first kappa shape index (κ1) is 15.0. The maximum absolute atomic E-state index is 12.9. The van der Waals surface area contributed by atoms with E-state index in [0.29, 0.717) is 31.7 Å². The summed E-state index contributed by atoms with van der Waals surface area (Å²) in [6.45, 7) is 1.95. The monoisotopic (exact) mass is 345 g/mol. The minimum atomic E-state index is -3.64. The average molecular weight is 345 g/mol. The molecule has 2 aromatic heterocycles. The van der Waals surface area contributed by atoms with Gasteiger partial charge >= 0.3 is 0 Å². The van der Waals surface area contributed by atoms with E-state index in [0.717, 1.165) is 5.82 Å². The van der Waals surface area contributed by atoms with Crippen molar-refractivity contribution in [3.8, 4) is 0 Å². The van der Waals surface area contributed by atoms with E-state index in [1.54, 1.807) is 18.3 Å². The van der Waals surface area contributed by atoms with Crippen LogP contribution in [-0.4, -0.2) is 54.2 Å². The molecule has 3 aromatic rings. The number of sulfonamides is 1. The van der Waals surface area contributed by atoms with Crippen molar-refractivity contribution in [2.24, 2.45) is 0 Å². The molecule has 1 aliphatic heterocycles. The minimum Gasteiger partial charge on any atom is -0.354 e. The summed E-state index contributed by atoms with van der Waals surface area (Å²) < 4.78 is 32.0. The van der Waals surface area contributed by atoms with Crippen LogP contribution in [-0.2, 0) is 10.0 Å². The zero-order valence-electron chi connectivity index (χ0n) is 12.7. The molecule has 0 atom stereocenters. The van der Waals surface area contributed by atoms with Crippen LogP contribution >= 0.6 is 0 Å². The summed E-state index contributed by atoms with van der Waals surface area (Å²) in [5.41, 5.74) is 0.702. The van der Waals surface area contributed by atoms with Crippen LogP contribution in [0.1, 0.15) is 0 Å². The molecule has 3 heterocycles. The van der Waals surface area contributed by atoms with E-state index in [9.17, 15) is 8.42 Å². The van der Waals surface area contributed by atoms with Crippen molar-refractivity contribution in [2.75, 3.05) is 31.1 Å². The number of benzene rings is 1. The maximum Gasteiger partial charge on any atom is 0.245 e. The molecule has 1 aliphatic rings. The highest BCUT2D eigenvalue weighted by atomic mass is 32.2. The van der Waals surface area contributed by atoms with Gasteiger partial charge in [0.15, 0.2) is 5.52 Å². The number of hydrogen-bond donors (Lipinski definition) is 0. The Morgan fingerprint density at radius 3 is 2.54 bits per heavy atom. The van der Waals surface area contributed by atoms with Crippen LogP contribution in [0.2, 0.25) is 0 Å². The van der Waals surface area contributed by atoms with E-state index in [1.165, 1.54) is 10.4 Å². The number of nitrogens with zero attached hydrogens (tertiary/aromatic N) is 5. The van der Waals surface area contributed by atoms with Gasteiger partial charge in [0, 0.05) is 32.4 Å². The van der Waals surface area contributed by atoms with Crippen molar-refractivity contribution in [1.82, 2.24) is 19.6 Å². The number of aromatic nitrogens is 3. The third-order valence-electron chi connectivity index (χ3n) is 4.08. The highest BCUT2D eigenvalue weighted by molar-refractivity contribution is 7.89. The summed E-state index contributed by atoms with van der Waals surface area (Å²) in [5, 5.41) is 7.43. The molecule has 9 heteroatoms. The molecule has 0 aliphatic carbocycles. The van der Waals surface area contributed by atoms with Crippen LogP contribution in [0.4, 0.5) is 5.82 Å². The lowest BCUT2D eigenvalue weighted by Gasteiger charge is -2.34. The molecule has 0 N–H and O–H groups in total. The Bertz CT molecular complexity index is 949. The fourth-order valence-electron chi connectivity index (χ4n) is 2.83. The summed E-state index contributed by atoms with van der Waals surface area (Å²) in [7, 11) is -3.64. The van der Waals surface area contributed by atoms with Crippen LogP contribution in [0.3, 0.4) is 0 Å². The zero-order chi connectivity index (χ0) is 16.6. The number of fused-ring (bicyclic) bond motifs is 1. The number of rotatable bonds is 3. The largest absolute Gasteiger partial charge is 0.354 e. The topological polar surface area (TPSA) is 92.4 Å². The lowest BCUT2D eigenvalue weighted by atomic mass is 10.3. The van der Waals surface area contributed by atoms with E-state index in [4.69, 9.17) is 0 Å². The van der Waals surface area contributed by atoms with Crippen LogP contribution < -0.4 is 4.90 Å². The van der Waals surface area contributed by atoms with Gasteiger partial charge in [0.1, 0.15) is 16.2 Å². The molecule has 0 spiro atoms. The number of anilines is 1. The van der Waals surface area contributed by atoms with Crippen molar-refractivity contribution in [3.63, 3.8) is 0 Å². The van der Waals surface area contributed by atoms with Gasteiger partial charge in [0.25, 0.3) is 0 Å². The van der Waals surface area contributed by atoms with Crippen LogP contribution in [0.5, 0.6) is 0 Å². The second-order valence-electron chi connectivity index (χ2n) is 5.47. The molecule has 1 aromatic carbocycles. The van der Waals surface area contributed by atoms with Crippen molar-refractivity contribution >= 4 is 26.9 Å². The number of piperazine rings is 1. The van der Waals surface area contributed by atoms with E-state index in [1.807, 2.05) is 18.2 Å². The van der Waals surface area contributed by atoms with E-state index >= 15 is 0 Å². The highest BCUT2D eigenvalue weighted by Gasteiger charge is 2.31. The number of hydrogen-bond acceptors (Lipinski definition) is 7. The molecule has 1 saturated heterocycles. The van der Waals surface area contributed by atoms with Crippen LogP contribution in [0.15, 0.2) is 52.1 Å². The van der Waals surface area contributed by atoms with E-state index in [-0.39, 0.29) is 10.4 Å². The van der Waals surface area contributed by atoms with Gasteiger partial charge in [0.05, 0.1) is 0 Å². The Hall–Kier alpha value is -2.52. The third kappa shape index (κ3) is 2.51. The Kier molecular flexibility index (Phi) is 3.66.